The van der Waals surface area contributed by atoms with Gasteiger partial charge in [-0.25, -0.2) is 0 Å². The van der Waals surface area contributed by atoms with E-state index in [-0.39, 0.29) is 11.6 Å². The van der Waals surface area contributed by atoms with E-state index in [9.17, 15) is 9.59 Å². The monoisotopic (exact) mass is 312 g/mol. The average Bonchev–Trinajstić information content (AvgIpc) is 2.62. The third-order valence-electron chi connectivity index (χ3n) is 4.62. The molecule has 0 unspecified atom stereocenters. The third-order valence-corrected chi connectivity index (χ3v) is 4.62. The zero-order valence-corrected chi connectivity index (χ0v) is 13.2. The zero-order valence-electron chi connectivity index (χ0n) is 13.2. The lowest BCUT2D eigenvalue weighted by atomic mass is 9.78. The van der Waals surface area contributed by atoms with Crippen LogP contribution in [0, 0.1) is 0 Å². The van der Waals surface area contributed by atoms with Gasteiger partial charge in [0.25, 0.3) is 0 Å². The zero-order chi connectivity index (χ0) is 16.5. The molecule has 0 amide bonds. The Morgan fingerprint density at radius 3 is 1.25 bits per heavy atom. The summed E-state index contributed by atoms with van der Waals surface area (Å²) in [5.74, 6) is 0.0653. The third kappa shape index (κ3) is 2.37. The molecule has 4 rings (SSSR count). The molecule has 3 aromatic rings. The van der Waals surface area contributed by atoms with E-state index in [1.165, 1.54) is 0 Å². The number of ketones is 2. The van der Waals surface area contributed by atoms with E-state index >= 15 is 0 Å². The Hall–Kier alpha value is -3.00. The molecule has 116 valence electrons. The predicted octanol–water partition coefficient (Wildman–Crippen LogP) is 4.25. The topological polar surface area (TPSA) is 34.1 Å². The Morgan fingerprint density at radius 2 is 0.917 bits per heavy atom. The Morgan fingerprint density at radius 1 is 0.542 bits per heavy atom. The summed E-state index contributed by atoms with van der Waals surface area (Å²) in [6, 6.07) is 22.2. The maximum atomic E-state index is 12.7. The first-order chi connectivity index (χ1) is 11.8. The molecular weight excluding hydrogens is 296 g/mol. The molecule has 2 heteroatoms. The molecule has 0 heterocycles. The molecule has 0 radical (unpaired) electrons. The van der Waals surface area contributed by atoms with Crippen molar-refractivity contribution in [3.05, 3.63) is 106 Å². The molecule has 0 saturated carbocycles. The first-order valence-corrected chi connectivity index (χ1v) is 8.10. The minimum absolute atomic E-state index is 0.0326. The molecule has 0 bridgehead atoms. The number of carbonyl (C=O) groups is 2. The molecule has 24 heavy (non-hydrogen) atoms. The van der Waals surface area contributed by atoms with Crippen molar-refractivity contribution in [1.29, 1.82) is 0 Å². The van der Waals surface area contributed by atoms with Crippen LogP contribution in [0.4, 0.5) is 0 Å². The van der Waals surface area contributed by atoms with Crippen molar-refractivity contribution < 1.29 is 9.59 Å². The second-order valence-corrected chi connectivity index (χ2v) is 6.01. The Kier molecular flexibility index (Phi) is 3.58. The van der Waals surface area contributed by atoms with Crippen molar-refractivity contribution in [2.45, 2.75) is 12.8 Å². The van der Waals surface area contributed by atoms with Crippen molar-refractivity contribution in [3.8, 4) is 0 Å². The summed E-state index contributed by atoms with van der Waals surface area (Å²) in [7, 11) is 0. The van der Waals surface area contributed by atoms with Crippen LogP contribution in [0.3, 0.4) is 0 Å². The van der Waals surface area contributed by atoms with Crippen molar-refractivity contribution in [2.75, 3.05) is 0 Å². The highest BCUT2D eigenvalue weighted by molar-refractivity contribution is 6.13. The molecule has 2 nitrogen and oxygen atoms in total. The highest BCUT2D eigenvalue weighted by Crippen LogP contribution is 2.32. The minimum atomic E-state index is 0.0326. The number of hydrogen-bond acceptors (Lipinski definition) is 2. The van der Waals surface area contributed by atoms with Gasteiger partial charge in [0.15, 0.2) is 11.6 Å². The minimum Gasteiger partial charge on any atom is -0.289 e. The second-order valence-electron chi connectivity index (χ2n) is 6.01. The summed E-state index contributed by atoms with van der Waals surface area (Å²) in [6.07, 6.45) is 1.72. The first kappa shape index (κ1) is 14.6. The lowest BCUT2D eigenvalue weighted by Gasteiger charge is -2.25. The van der Waals surface area contributed by atoms with Crippen molar-refractivity contribution >= 4 is 11.6 Å². The first-order valence-electron chi connectivity index (χ1n) is 8.10. The number of carbonyl (C=O) groups excluding carboxylic acids is 2. The Bertz CT molecular complexity index is 846. The smallest absolute Gasteiger partial charge is 0.193 e. The quantitative estimate of drug-likeness (QED) is 0.675. The van der Waals surface area contributed by atoms with Gasteiger partial charge in [-0.05, 0) is 24.0 Å². The largest absolute Gasteiger partial charge is 0.289 e. The average molecular weight is 312 g/mol. The number of benzene rings is 3. The molecule has 0 N–H and O–H groups in total. The molecule has 0 saturated heterocycles. The highest BCUT2D eigenvalue weighted by Gasteiger charge is 2.27. The summed E-state index contributed by atoms with van der Waals surface area (Å²) in [4.78, 5) is 25.4. The summed E-state index contributed by atoms with van der Waals surface area (Å²) in [6.45, 7) is 0. The summed E-state index contributed by atoms with van der Waals surface area (Å²) in [5.41, 5.74) is 4.90. The van der Waals surface area contributed by atoms with Gasteiger partial charge in [-0.2, -0.15) is 0 Å². The fourth-order valence-corrected chi connectivity index (χ4v) is 3.25. The van der Waals surface area contributed by atoms with Gasteiger partial charge in [0, 0.05) is 22.3 Å². The number of fused-ring (bicyclic) bond motifs is 1. The molecular formula is C22H16O2. The lowest BCUT2D eigenvalue weighted by molar-refractivity contribution is 0.102. The van der Waals surface area contributed by atoms with E-state index in [2.05, 4.69) is 0 Å². The van der Waals surface area contributed by atoms with Gasteiger partial charge in [-0.1, -0.05) is 72.8 Å². The highest BCUT2D eigenvalue weighted by atomic mass is 16.1. The van der Waals surface area contributed by atoms with Crippen LogP contribution in [-0.4, -0.2) is 11.6 Å². The van der Waals surface area contributed by atoms with Crippen LogP contribution in [0.2, 0.25) is 0 Å². The fraction of sp³-hybridized carbons (Fsp3) is 0.0909. The molecule has 1 aliphatic rings. The molecule has 1 aliphatic carbocycles. The van der Waals surface area contributed by atoms with Gasteiger partial charge in [0.05, 0.1) is 0 Å². The number of rotatable bonds is 4. The molecule has 0 atom stereocenters. The van der Waals surface area contributed by atoms with Gasteiger partial charge >= 0.3 is 0 Å². The van der Waals surface area contributed by atoms with Gasteiger partial charge in [-0.15, -0.1) is 0 Å². The van der Waals surface area contributed by atoms with Crippen molar-refractivity contribution in [2.24, 2.45) is 0 Å². The summed E-state index contributed by atoms with van der Waals surface area (Å²) >= 11 is 0. The van der Waals surface area contributed by atoms with E-state index in [1.807, 2.05) is 72.8 Å². The normalized spacial score (nSPS) is 12.2. The maximum Gasteiger partial charge on any atom is 0.193 e. The lowest BCUT2D eigenvalue weighted by Crippen LogP contribution is -2.20. The van der Waals surface area contributed by atoms with Crippen LogP contribution in [0.25, 0.3) is 0 Å². The molecule has 0 aromatic heterocycles. The van der Waals surface area contributed by atoms with Crippen LogP contribution >= 0.6 is 0 Å². The van der Waals surface area contributed by atoms with Crippen LogP contribution in [0.15, 0.2) is 72.8 Å². The van der Waals surface area contributed by atoms with E-state index in [1.54, 1.807) is 0 Å². The van der Waals surface area contributed by atoms with E-state index in [4.69, 9.17) is 0 Å². The summed E-state index contributed by atoms with van der Waals surface area (Å²) < 4.78 is 0. The molecule has 0 aliphatic heterocycles. The van der Waals surface area contributed by atoms with E-state index < -0.39 is 0 Å². The van der Waals surface area contributed by atoms with Crippen LogP contribution < -0.4 is 0 Å². The second kappa shape index (κ2) is 5.89. The van der Waals surface area contributed by atoms with Crippen LogP contribution in [0.5, 0.6) is 0 Å². The molecule has 0 spiro atoms. The Labute approximate surface area is 140 Å². The fourth-order valence-electron chi connectivity index (χ4n) is 3.25. The van der Waals surface area contributed by atoms with Gasteiger partial charge in [0.2, 0.25) is 0 Å². The maximum absolute atomic E-state index is 12.7. The predicted molar refractivity (Wildman–Crippen MR) is 93.6 cm³/mol. The van der Waals surface area contributed by atoms with E-state index in [0.29, 0.717) is 11.1 Å². The summed E-state index contributed by atoms with van der Waals surface area (Å²) in [5, 5.41) is 0. The number of hydrogen-bond donors (Lipinski definition) is 0. The Balaban J connectivity index is 1.73. The SMILES string of the molecule is O=C(c1ccccc1)c1ccc(C(=O)c2ccccc2)c2c1CC2. The van der Waals surface area contributed by atoms with Gasteiger partial charge < -0.3 is 0 Å². The standard InChI is InChI=1S/C22H16O2/c23-21(15-7-3-1-4-8-15)19-13-14-20(18-12-11-17(18)19)22(24)16-9-5-2-6-10-16/h1-10,13-14H,11-12H2. The van der Waals surface area contributed by atoms with Crippen molar-refractivity contribution in [3.63, 3.8) is 0 Å². The van der Waals surface area contributed by atoms with Gasteiger partial charge in [0.1, 0.15) is 0 Å². The van der Waals surface area contributed by atoms with E-state index in [0.717, 1.165) is 35.1 Å². The van der Waals surface area contributed by atoms with Gasteiger partial charge in [-0.3, -0.25) is 9.59 Å². The van der Waals surface area contributed by atoms with Crippen molar-refractivity contribution in [1.82, 2.24) is 0 Å². The van der Waals surface area contributed by atoms with Crippen LogP contribution in [0.1, 0.15) is 43.0 Å². The molecule has 0 fully saturated rings. The molecule has 3 aromatic carbocycles. The van der Waals surface area contributed by atoms with Crippen LogP contribution in [-0.2, 0) is 12.8 Å².